The fraction of sp³-hybridized carbons (Fsp3) is 0.267. The average Bonchev–Trinajstić information content (AvgIpc) is 3.67. The summed E-state index contributed by atoms with van der Waals surface area (Å²) in [6, 6.07) is 21.0. The van der Waals surface area contributed by atoms with Gasteiger partial charge in [-0.25, -0.2) is 0 Å². The van der Waals surface area contributed by atoms with E-state index in [1.54, 1.807) is 0 Å². The van der Waals surface area contributed by atoms with Crippen molar-refractivity contribution in [3.05, 3.63) is 84.1 Å². The summed E-state index contributed by atoms with van der Waals surface area (Å²) in [5.41, 5.74) is 7.34. The molecule has 1 saturated heterocycles. The van der Waals surface area contributed by atoms with Gasteiger partial charge in [-0.15, -0.1) is 10.2 Å². The van der Waals surface area contributed by atoms with Crippen molar-refractivity contribution in [1.29, 1.82) is 0 Å². The van der Waals surface area contributed by atoms with Crippen molar-refractivity contribution in [2.24, 2.45) is 7.05 Å². The van der Waals surface area contributed by atoms with Crippen molar-refractivity contribution >= 4 is 21.8 Å². The van der Waals surface area contributed by atoms with Gasteiger partial charge in [-0.1, -0.05) is 18.2 Å². The fourth-order valence-electron chi connectivity index (χ4n) is 5.70. The van der Waals surface area contributed by atoms with E-state index in [0.717, 1.165) is 71.8 Å². The summed E-state index contributed by atoms with van der Waals surface area (Å²) in [7, 11) is 2.15. The Morgan fingerprint density at radius 3 is 2.84 bits per heavy atom. The maximum Gasteiger partial charge on any atom is 0.247 e. The van der Waals surface area contributed by atoms with E-state index < -0.39 is 0 Å². The van der Waals surface area contributed by atoms with Crippen molar-refractivity contribution in [3.63, 3.8) is 0 Å². The van der Waals surface area contributed by atoms with Crippen LogP contribution in [0.4, 0.5) is 0 Å². The zero-order valence-corrected chi connectivity index (χ0v) is 21.6. The predicted octanol–water partition coefficient (Wildman–Crippen LogP) is 5.85. The first-order valence-corrected chi connectivity index (χ1v) is 13.1. The van der Waals surface area contributed by atoms with Gasteiger partial charge in [-0.3, -0.25) is 15.0 Å². The third kappa shape index (κ3) is 4.07. The molecule has 0 saturated carbocycles. The lowest BCUT2D eigenvalue weighted by Gasteiger charge is -2.31. The number of nitrogens with one attached hydrogen (secondary N) is 1. The molecular formula is C30H29N7O. The molecule has 0 aliphatic carbocycles. The number of rotatable bonds is 5. The van der Waals surface area contributed by atoms with Crippen LogP contribution in [0.1, 0.15) is 36.0 Å². The number of pyridine rings is 1. The number of hydrogen-bond donors (Lipinski definition) is 1. The Labute approximate surface area is 220 Å². The van der Waals surface area contributed by atoms with Crippen molar-refractivity contribution in [2.75, 3.05) is 13.1 Å². The normalized spacial score (nSPS) is 16.5. The molecule has 38 heavy (non-hydrogen) atoms. The molecule has 0 spiro atoms. The number of aromatic amines is 1. The van der Waals surface area contributed by atoms with Crippen molar-refractivity contribution < 1.29 is 4.42 Å². The average molecular weight is 504 g/mol. The van der Waals surface area contributed by atoms with Gasteiger partial charge < -0.3 is 8.98 Å². The quantitative estimate of drug-likeness (QED) is 0.317. The van der Waals surface area contributed by atoms with Crippen LogP contribution < -0.4 is 0 Å². The van der Waals surface area contributed by atoms with E-state index in [1.807, 2.05) is 37.4 Å². The van der Waals surface area contributed by atoms with Crippen LogP contribution in [0.2, 0.25) is 0 Å². The highest BCUT2D eigenvalue weighted by molar-refractivity contribution is 5.95. The van der Waals surface area contributed by atoms with Gasteiger partial charge >= 0.3 is 0 Å². The minimum Gasteiger partial charge on any atom is -0.420 e. The van der Waals surface area contributed by atoms with Gasteiger partial charge in [0.05, 0.1) is 11.4 Å². The van der Waals surface area contributed by atoms with Crippen LogP contribution in [-0.4, -0.2) is 47.9 Å². The fourth-order valence-corrected chi connectivity index (χ4v) is 5.70. The highest BCUT2D eigenvalue weighted by Crippen LogP contribution is 2.33. The van der Waals surface area contributed by atoms with E-state index in [0.29, 0.717) is 5.89 Å². The number of nitrogens with zero attached hydrogens (tertiary/aromatic N) is 6. The minimum atomic E-state index is 0.229. The van der Waals surface area contributed by atoms with E-state index in [2.05, 4.69) is 78.3 Å². The summed E-state index contributed by atoms with van der Waals surface area (Å²) >= 11 is 0. The molecule has 0 amide bonds. The van der Waals surface area contributed by atoms with Gasteiger partial charge in [0.25, 0.3) is 0 Å². The summed E-state index contributed by atoms with van der Waals surface area (Å²) < 4.78 is 8.58. The standard InChI is InChI=1S/C30H29N7O/c1-19-14-21(11-12-31-19)28-25-16-22(9-10-26(25)32-33-28)29-34-35-30(38-29)23-7-5-13-37(17-23)18-24-15-20-6-3-4-8-27(20)36(24)2/h3-4,6,8-12,14-16,23H,5,7,13,17-18H2,1-2H3,(H,32,33)/t23-/m1/s1. The van der Waals surface area contributed by atoms with E-state index in [1.165, 1.54) is 16.6 Å². The lowest BCUT2D eigenvalue weighted by molar-refractivity contribution is 0.183. The number of para-hydroxylation sites is 1. The first-order valence-electron chi connectivity index (χ1n) is 13.1. The molecule has 190 valence electrons. The number of fused-ring (bicyclic) bond motifs is 2. The molecule has 0 radical (unpaired) electrons. The van der Waals surface area contributed by atoms with Crippen LogP contribution in [0, 0.1) is 6.92 Å². The molecule has 8 heteroatoms. The monoisotopic (exact) mass is 503 g/mol. The molecular weight excluding hydrogens is 474 g/mol. The zero-order valence-electron chi connectivity index (χ0n) is 21.6. The van der Waals surface area contributed by atoms with E-state index >= 15 is 0 Å². The molecule has 4 aromatic heterocycles. The minimum absolute atomic E-state index is 0.229. The van der Waals surface area contributed by atoms with Gasteiger partial charge in [-0.2, -0.15) is 5.10 Å². The Kier molecular flexibility index (Phi) is 5.55. The van der Waals surface area contributed by atoms with Crippen molar-refractivity contribution in [1.82, 2.24) is 34.8 Å². The van der Waals surface area contributed by atoms with Crippen LogP contribution in [0.5, 0.6) is 0 Å². The molecule has 0 bridgehead atoms. The second kappa shape index (κ2) is 9.22. The van der Waals surface area contributed by atoms with Crippen LogP contribution in [0.25, 0.3) is 44.5 Å². The molecule has 1 aliphatic heterocycles. The molecule has 6 aromatic rings. The molecule has 0 unspecified atom stereocenters. The molecule has 8 nitrogen and oxygen atoms in total. The number of benzene rings is 2. The maximum absolute atomic E-state index is 6.27. The Morgan fingerprint density at radius 1 is 1.03 bits per heavy atom. The Hall–Kier alpha value is -4.30. The topological polar surface area (TPSA) is 88.7 Å². The highest BCUT2D eigenvalue weighted by atomic mass is 16.4. The number of aromatic nitrogens is 6. The summed E-state index contributed by atoms with van der Waals surface area (Å²) in [6.45, 7) is 4.89. The van der Waals surface area contributed by atoms with Crippen LogP contribution in [0.3, 0.4) is 0 Å². The second-order valence-electron chi connectivity index (χ2n) is 10.3. The summed E-state index contributed by atoms with van der Waals surface area (Å²) in [6.07, 6.45) is 3.98. The van der Waals surface area contributed by atoms with Gasteiger partial charge in [-0.05, 0) is 74.2 Å². The van der Waals surface area contributed by atoms with Crippen LogP contribution in [-0.2, 0) is 13.6 Å². The van der Waals surface area contributed by atoms with Crippen LogP contribution >= 0.6 is 0 Å². The van der Waals surface area contributed by atoms with Gasteiger partial charge in [0, 0.05) is 59.8 Å². The third-order valence-electron chi connectivity index (χ3n) is 7.71. The summed E-state index contributed by atoms with van der Waals surface area (Å²) in [5.74, 6) is 1.50. The molecule has 7 rings (SSSR count). The first kappa shape index (κ1) is 22.9. The largest absolute Gasteiger partial charge is 0.420 e. The Morgan fingerprint density at radius 2 is 1.95 bits per heavy atom. The summed E-state index contributed by atoms with van der Waals surface area (Å²) in [4.78, 5) is 6.82. The molecule has 1 aliphatic rings. The first-order chi connectivity index (χ1) is 18.6. The number of H-pyrrole nitrogens is 1. The van der Waals surface area contributed by atoms with E-state index in [-0.39, 0.29) is 5.92 Å². The van der Waals surface area contributed by atoms with E-state index in [9.17, 15) is 0 Å². The maximum atomic E-state index is 6.27. The molecule has 1 atom stereocenters. The number of hydrogen-bond acceptors (Lipinski definition) is 6. The number of likely N-dealkylation sites (tertiary alicyclic amines) is 1. The second-order valence-corrected chi connectivity index (χ2v) is 10.3. The highest BCUT2D eigenvalue weighted by Gasteiger charge is 2.27. The number of aryl methyl sites for hydroxylation is 2. The number of piperidine rings is 1. The van der Waals surface area contributed by atoms with Crippen LogP contribution in [0.15, 0.2) is 71.3 Å². The van der Waals surface area contributed by atoms with Crippen molar-refractivity contribution in [2.45, 2.75) is 32.2 Å². The SMILES string of the molecule is Cc1cc(-c2n[nH]c3ccc(-c4nnc([C@@H]5CCCN(Cc6cc7ccccc7n6C)C5)o4)cc23)ccn1. The summed E-state index contributed by atoms with van der Waals surface area (Å²) in [5, 5.41) is 18.9. The van der Waals surface area contributed by atoms with Crippen molar-refractivity contribution in [3.8, 4) is 22.7 Å². The Bertz CT molecular complexity index is 1760. The zero-order chi connectivity index (χ0) is 25.6. The lowest BCUT2D eigenvalue weighted by atomic mass is 9.98. The molecule has 2 aromatic carbocycles. The smallest absolute Gasteiger partial charge is 0.247 e. The third-order valence-corrected chi connectivity index (χ3v) is 7.71. The van der Waals surface area contributed by atoms with Gasteiger partial charge in [0.1, 0.15) is 5.69 Å². The molecule has 1 fully saturated rings. The predicted molar refractivity (Wildman–Crippen MR) is 148 cm³/mol. The lowest BCUT2D eigenvalue weighted by Crippen LogP contribution is -2.34. The van der Waals surface area contributed by atoms with Gasteiger partial charge in [0.2, 0.25) is 11.8 Å². The Balaban J connectivity index is 1.12. The van der Waals surface area contributed by atoms with Gasteiger partial charge in [0.15, 0.2) is 0 Å². The van der Waals surface area contributed by atoms with E-state index in [4.69, 9.17) is 4.42 Å². The molecule has 1 N–H and O–H groups in total. The molecule has 5 heterocycles.